The summed E-state index contributed by atoms with van der Waals surface area (Å²) >= 11 is 0. The monoisotopic (exact) mass is 620 g/mol. The Balaban J connectivity index is 0.000000465. The van der Waals surface area contributed by atoms with Crippen molar-refractivity contribution >= 4 is 26.6 Å². The van der Waals surface area contributed by atoms with Crippen molar-refractivity contribution in [3.05, 3.63) is 30.3 Å². The quantitative estimate of drug-likeness (QED) is 0.0733. The van der Waals surface area contributed by atoms with Crippen LogP contribution in [0.1, 0.15) is 136 Å². The van der Waals surface area contributed by atoms with E-state index in [9.17, 15) is 13.5 Å². The number of fused-ring (bicyclic) bond motifs is 1. The molecule has 0 aliphatic rings. The minimum absolute atomic E-state index is 0.386. The second-order valence-electron chi connectivity index (χ2n) is 12.7. The first-order valence-electron chi connectivity index (χ1n) is 17.3. The Kier molecular flexibility index (Phi) is 20.6. The Hall–Kier alpha value is -1.83. The standard InChI is InChI=1S/C25H54N.C11H11NO4S/c1-5-8-11-14-17-20-23-26(4,24-21-18-15-12-9-6-2)25-22-19-16-13-10-7-3;1-12-8-2-3-10-7(4-8)5-9(6-11(10)13)17(14,15)16/h5-25H2,1-4H3;2-6,12-13H,1H3,(H,14,15,16)/q+1;/p-1. The van der Waals surface area contributed by atoms with Crippen LogP contribution in [0.5, 0.6) is 5.75 Å². The third kappa shape index (κ3) is 17.3. The molecular formula is C36H64N2O4S. The van der Waals surface area contributed by atoms with Crippen molar-refractivity contribution in [2.45, 2.75) is 141 Å². The number of quaternary nitrogens is 1. The van der Waals surface area contributed by atoms with E-state index in [0.717, 1.165) is 11.8 Å². The Morgan fingerprint density at radius 1 is 0.674 bits per heavy atom. The molecule has 248 valence electrons. The molecule has 0 saturated carbocycles. The van der Waals surface area contributed by atoms with Crippen LogP contribution in [0.15, 0.2) is 35.2 Å². The zero-order chi connectivity index (χ0) is 32.0. The molecule has 2 rings (SSSR count). The van der Waals surface area contributed by atoms with E-state index < -0.39 is 15.9 Å². The molecule has 7 heteroatoms. The Morgan fingerprint density at radius 2 is 1.09 bits per heavy atom. The van der Waals surface area contributed by atoms with Gasteiger partial charge in [-0.2, -0.15) is 8.42 Å². The molecule has 0 bridgehead atoms. The van der Waals surface area contributed by atoms with Crippen molar-refractivity contribution in [3.8, 4) is 5.75 Å². The smallest absolute Gasteiger partial charge is 0.294 e. The second-order valence-corrected chi connectivity index (χ2v) is 14.1. The van der Waals surface area contributed by atoms with Crippen molar-refractivity contribution < 1.29 is 22.6 Å². The van der Waals surface area contributed by atoms with Crippen LogP contribution in [-0.2, 0) is 10.1 Å². The van der Waals surface area contributed by atoms with E-state index in [0.29, 0.717) is 10.8 Å². The summed E-state index contributed by atoms with van der Waals surface area (Å²) < 4.78 is 32.2. The van der Waals surface area contributed by atoms with Crippen molar-refractivity contribution in [3.63, 3.8) is 0 Å². The summed E-state index contributed by atoms with van der Waals surface area (Å²) in [6.45, 7) is 11.2. The number of hydrogen-bond donors (Lipinski definition) is 2. The van der Waals surface area contributed by atoms with Gasteiger partial charge in [0.1, 0.15) is 0 Å². The number of rotatable bonds is 23. The fraction of sp³-hybridized carbons (Fsp3) is 0.722. The highest BCUT2D eigenvalue weighted by Crippen LogP contribution is 2.28. The topological polar surface area (TPSA) is 89.5 Å². The maximum atomic E-state index is 11.6. The molecule has 0 atom stereocenters. The van der Waals surface area contributed by atoms with Crippen molar-refractivity contribution in [2.24, 2.45) is 0 Å². The van der Waals surface area contributed by atoms with Crippen molar-refractivity contribution in [1.29, 1.82) is 0 Å². The van der Waals surface area contributed by atoms with Gasteiger partial charge in [-0.25, -0.2) is 0 Å². The molecule has 2 aromatic carbocycles. The van der Waals surface area contributed by atoms with Gasteiger partial charge < -0.3 is 14.9 Å². The van der Waals surface area contributed by atoms with Gasteiger partial charge in [0.2, 0.25) is 0 Å². The van der Waals surface area contributed by atoms with Crippen LogP contribution in [-0.4, -0.2) is 51.2 Å². The van der Waals surface area contributed by atoms with Gasteiger partial charge in [-0.15, -0.1) is 0 Å². The van der Waals surface area contributed by atoms with Crippen LogP contribution in [0.4, 0.5) is 5.69 Å². The minimum atomic E-state index is -4.36. The number of nitrogens with zero attached hydrogens (tertiary/aromatic N) is 1. The third-order valence-electron chi connectivity index (χ3n) is 8.63. The Morgan fingerprint density at radius 3 is 1.49 bits per heavy atom. The van der Waals surface area contributed by atoms with Crippen LogP contribution in [0.3, 0.4) is 0 Å². The average Bonchev–Trinajstić information content (AvgIpc) is 2.98. The minimum Gasteiger partial charge on any atom is -0.872 e. The summed E-state index contributed by atoms with van der Waals surface area (Å²) in [6, 6.07) is 7.16. The molecule has 0 unspecified atom stereocenters. The number of hydrogen-bond acceptors (Lipinski definition) is 4. The van der Waals surface area contributed by atoms with E-state index in [1.165, 1.54) is 146 Å². The van der Waals surface area contributed by atoms with Gasteiger partial charge in [-0.1, -0.05) is 110 Å². The lowest BCUT2D eigenvalue weighted by Crippen LogP contribution is -2.46. The number of anilines is 1. The predicted octanol–water partition coefficient (Wildman–Crippen LogP) is 9.72. The highest BCUT2D eigenvalue weighted by Gasteiger charge is 2.20. The summed E-state index contributed by atoms with van der Waals surface area (Å²) in [4.78, 5) is -0.386. The molecule has 0 aliphatic carbocycles. The Bertz CT molecular complexity index is 1060. The predicted molar refractivity (Wildman–Crippen MR) is 184 cm³/mol. The fourth-order valence-corrected chi connectivity index (χ4v) is 6.30. The molecule has 0 aromatic heterocycles. The average molecular weight is 621 g/mol. The first-order valence-corrected chi connectivity index (χ1v) is 18.8. The summed E-state index contributed by atoms with van der Waals surface area (Å²) in [6.07, 6.45) is 25.9. The highest BCUT2D eigenvalue weighted by molar-refractivity contribution is 7.85. The van der Waals surface area contributed by atoms with Gasteiger partial charge in [0.25, 0.3) is 10.1 Å². The maximum Gasteiger partial charge on any atom is 0.294 e. The van der Waals surface area contributed by atoms with Crippen LogP contribution in [0, 0.1) is 0 Å². The third-order valence-corrected chi connectivity index (χ3v) is 9.46. The van der Waals surface area contributed by atoms with E-state index in [1.54, 1.807) is 25.2 Å². The molecule has 0 saturated heterocycles. The van der Waals surface area contributed by atoms with E-state index in [2.05, 4.69) is 33.1 Å². The molecule has 2 N–H and O–H groups in total. The van der Waals surface area contributed by atoms with E-state index in [1.807, 2.05) is 0 Å². The van der Waals surface area contributed by atoms with Gasteiger partial charge in [0.15, 0.2) is 0 Å². The first kappa shape index (κ1) is 39.2. The van der Waals surface area contributed by atoms with Gasteiger partial charge in [0, 0.05) is 12.7 Å². The number of nitrogens with one attached hydrogen (secondary N) is 1. The fourth-order valence-electron chi connectivity index (χ4n) is 5.77. The molecule has 43 heavy (non-hydrogen) atoms. The lowest BCUT2D eigenvalue weighted by atomic mass is 10.1. The highest BCUT2D eigenvalue weighted by atomic mass is 32.2. The van der Waals surface area contributed by atoms with E-state index >= 15 is 0 Å². The largest absolute Gasteiger partial charge is 0.872 e. The molecular weight excluding hydrogens is 556 g/mol. The molecule has 0 heterocycles. The van der Waals surface area contributed by atoms with Crippen molar-refractivity contribution in [2.75, 3.05) is 39.0 Å². The summed E-state index contributed by atoms with van der Waals surface area (Å²) in [5, 5.41) is 15.4. The summed E-state index contributed by atoms with van der Waals surface area (Å²) in [5.41, 5.74) is 0.754. The zero-order valence-corrected chi connectivity index (χ0v) is 29.1. The van der Waals surface area contributed by atoms with E-state index in [4.69, 9.17) is 4.55 Å². The van der Waals surface area contributed by atoms with Crippen LogP contribution >= 0.6 is 0 Å². The number of benzene rings is 2. The van der Waals surface area contributed by atoms with Crippen LogP contribution in [0.25, 0.3) is 10.8 Å². The van der Waals surface area contributed by atoms with Crippen LogP contribution in [0.2, 0.25) is 0 Å². The molecule has 0 fully saturated rings. The molecule has 0 amide bonds. The molecule has 0 aliphatic heterocycles. The normalized spacial score (nSPS) is 11.9. The van der Waals surface area contributed by atoms with Gasteiger partial charge in [0.05, 0.1) is 31.6 Å². The SMILES string of the molecule is CCCCCCCC[N+](C)(CCCCCCCC)CCCCCCCC.CNc1ccc2c([O-])cc(S(=O)(=O)O)cc2c1. The van der Waals surface area contributed by atoms with Gasteiger partial charge in [-0.3, -0.25) is 4.55 Å². The molecule has 0 spiro atoms. The molecule has 6 nitrogen and oxygen atoms in total. The zero-order valence-electron chi connectivity index (χ0n) is 28.3. The summed E-state index contributed by atoms with van der Waals surface area (Å²) in [5.74, 6) is -0.433. The first-order chi connectivity index (χ1) is 20.6. The lowest BCUT2D eigenvalue weighted by Gasteiger charge is -2.35. The van der Waals surface area contributed by atoms with Gasteiger partial charge in [-0.05, 0) is 73.6 Å². The molecule has 0 radical (unpaired) electrons. The second kappa shape index (κ2) is 22.6. The maximum absolute atomic E-state index is 11.6. The number of unbranched alkanes of at least 4 members (excludes halogenated alkanes) is 15. The summed E-state index contributed by atoms with van der Waals surface area (Å²) in [7, 11) is -0.0829. The van der Waals surface area contributed by atoms with E-state index in [-0.39, 0.29) is 4.90 Å². The molecule has 2 aromatic rings. The lowest BCUT2D eigenvalue weighted by molar-refractivity contribution is -0.910. The van der Waals surface area contributed by atoms with Gasteiger partial charge >= 0.3 is 0 Å². The van der Waals surface area contributed by atoms with Crippen molar-refractivity contribution in [1.82, 2.24) is 0 Å². The van der Waals surface area contributed by atoms with Crippen LogP contribution < -0.4 is 10.4 Å². The Labute approximate surface area is 265 Å².